The van der Waals surface area contributed by atoms with Gasteiger partial charge in [0.1, 0.15) is 0 Å². The first-order valence-electron chi connectivity index (χ1n) is 2.08. The van der Waals surface area contributed by atoms with Crippen molar-refractivity contribution in [3.8, 4) is 0 Å². The summed E-state index contributed by atoms with van der Waals surface area (Å²) in [6.07, 6.45) is -6.71. The van der Waals surface area contributed by atoms with Gasteiger partial charge in [-0.2, -0.15) is 0 Å². The SMILES string of the molecule is FC(=C(Br)C(F)F)C(F)F. The van der Waals surface area contributed by atoms with Crippen molar-refractivity contribution < 1.29 is 22.0 Å². The Hall–Kier alpha value is -0.130. The highest BCUT2D eigenvalue weighted by Crippen LogP contribution is 2.25. The Bertz CT molecular complexity index is 125. The minimum absolute atomic E-state index is 1.39. The first kappa shape index (κ1) is 9.87. The van der Waals surface area contributed by atoms with Gasteiger partial charge in [-0.1, -0.05) is 0 Å². The number of hydrogen-bond donors (Lipinski definition) is 0. The largest absolute Gasteiger partial charge is 0.290 e. The minimum atomic E-state index is -3.48. The van der Waals surface area contributed by atoms with E-state index in [9.17, 15) is 22.0 Å². The second-order valence-electron chi connectivity index (χ2n) is 1.30. The van der Waals surface area contributed by atoms with Gasteiger partial charge in [0.05, 0.1) is 4.48 Å². The maximum Gasteiger partial charge on any atom is 0.290 e. The number of halogens is 6. The van der Waals surface area contributed by atoms with E-state index in [1.54, 1.807) is 0 Å². The first-order valence-corrected chi connectivity index (χ1v) is 2.87. The third kappa shape index (κ3) is 2.64. The van der Waals surface area contributed by atoms with Crippen LogP contribution in [0, 0.1) is 0 Å². The molecule has 0 unspecified atom stereocenters. The van der Waals surface area contributed by atoms with Gasteiger partial charge < -0.3 is 0 Å². The van der Waals surface area contributed by atoms with Crippen LogP contribution < -0.4 is 0 Å². The van der Waals surface area contributed by atoms with Gasteiger partial charge in [0, 0.05) is 0 Å². The molecule has 10 heavy (non-hydrogen) atoms. The van der Waals surface area contributed by atoms with Gasteiger partial charge in [-0.05, 0) is 15.9 Å². The second kappa shape index (κ2) is 3.90. The Labute approximate surface area is 61.8 Å². The molecule has 0 radical (unpaired) electrons. The van der Waals surface area contributed by atoms with E-state index in [0.717, 1.165) is 0 Å². The smallest absolute Gasteiger partial charge is 0.204 e. The van der Waals surface area contributed by atoms with Gasteiger partial charge in [0.25, 0.3) is 12.9 Å². The van der Waals surface area contributed by atoms with Crippen molar-refractivity contribution in [1.29, 1.82) is 0 Å². The fraction of sp³-hybridized carbons (Fsp3) is 0.500. The molecule has 0 saturated carbocycles. The van der Waals surface area contributed by atoms with E-state index in [0.29, 0.717) is 0 Å². The number of hydrogen-bond acceptors (Lipinski definition) is 0. The lowest BCUT2D eigenvalue weighted by Gasteiger charge is -1.98. The highest BCUT2D eigenvalue weighted by Gasteiger charge is 2.20. The fourth-order valence-corrected chi connectivity index (χ4v) is 0.382. The molecule has 0 rings (SSSR count). The van der Waals surface area contributed by atoms with Crippen LogP contribution in [0.5, 0.6) is 0 Å². The normalized spacial score (nSPS) is 14.4. The summed E-state index contributed by atoms with van der Waals surface area (Å²) >= 11 is 1.98. The molecule has 6 heteroatoms. The zero-order valence-electron chi connectivity index (χ0n) is 4.42. The molecular weight excluding hydrogens is 223 g/mol. The Kier molecular flexibility index (Phi) is 3.85. The van der Waals surface area contributed by atoms with Crippen LogP contribution in [0.15, 0.2) is 10.3 Å². The van der Waals surface area contributed by atoms with Crippen LogP contribution in [0.4, 0.5) is 22.0 Å². The molecule has 0 amide bonds. The predicted molar refractivity (Wildman–Crippen MR) is 29.1 cm³/mol. The molecule has 0 heterocycles. The first-order chi connectivity index (χ1) is 4.46. The summed E-state index contributed by atoms with van der Waals surface area (Å²) in [6, 6.07) is 0. The van der Waals surface area contributed by atoms with E-state index < -0.39 is 23.2 Å². The van der Waals surface area contributed by atoms with E-state index >= 15 is 0 Å². The summed E-state index contributed by atoms with van der Waals surface area (Å²) < 4.78 is 55.6. The summed E-state index contributed by atoms with van der Waals surface area (Å²) in [7, 11) is 0. The molecule has 60 valence electrons. The highest BCUT2D eigenvalue weighted by molar-refractivity contribution is 9.11. The molecule has 0 nitrogen and oxygen atoms in total. The summed E-state index contributed by atoms with van der Waals surface area (Å²) in [5.41, 5.74) is 0. The molecule has 0 atom stereocenters. The van der Waals surface area contributed by atoms with Crippen LogP contribution in [-0.4, -0.2) is 12.9 Å². The summed E-state index contributed by atoms with van der Waals surface area (Å²) in [5.74, 6) is -2.12. The number of alkyl halides is 4. The highest BCUT2D eigenvalue weighted by atomic mass is 79.9. The Morgan fingerprint density at radius 3 is 1.50 bits per heavy atom. The maximum atomic E-state index is 11.8. The Balaban J connectivity index is 4.34. The number of rotatable bonds is 2. The predicted octanol–water partition coefficient (Wildman–Crippen LogP) is 3.09. The van der Waals surface area contributed by atoms with E-state index in [1.165, 1.54) is 0 Å². The van der Waals surface area contributed by atoms with E-state index in [4.69, 9.17) is 0 Å². The van der Waals surface area contributed by atoms with Gasteiger partial charge in [0.2, 0.25) is 0 Å². The van der Waals surface area contributed by atoms with Crippen LogP contribution in [-0.2, 0) is 0 Å². The van der Waals surface area contributed by atoms with Gasteiger partial charge in [-0.25, -0.2) is 22.0 Å². The molecule has 0 aliphatic rings. The molecule has 0 spiro atoms. The Morgan fingerprint density at radius 1 is 1.00 bits per heavy atom. The van der Waals surface area contributed by atoms with Crippen molar-refractivity contribution in [3.63, 3.8) is 0 Å². The fourth-order valence-electron chi connectivity index (χ4n) is 0.208. The average Bonchev–Trinajstić information content (AvgIpc) is 1.84. The molecule has 0 fully saturated rings. The summed E-state index contributed by atoms with van der Waals surface area (Å²) in [5, 5.41) is 0. The monoisotopic (exact) mass is 224 g/mol. The topological polar surface area (TPSA) is 0 Å². The van der Waals surface area contributed by atoms with Gasteiger partial charge >= 0.3 is 0 Å². The lowest BCUT2D eigenvalue weighted by Crippen LogP contribution is -1.99. The quantitative estimate of drug-likeness (QED) is 0.633. The van der Waals surface area contributed by atoms with Gasteiger partial charge in [-0.3, -0.25) is 0 Å². The zero-order chi connectivity index (χ0) is 8.31. The maximum absolute atomic E-state index is 11.8. The third-order valence-electron chi connectivity index (χ3n) is 0.611. The van der Waals surface area contributed by atoms with E-state index in [-0.39, 0.29) is 0 Å². The molecule has 0 aromatic carbocycles. The van der Waals surface area contributed by atoms with Crippen molar-refractivity contribution >= 4 is 15.9 Å². The van der Waals surface area contributed by atoms with Gasteiger partial charge in [-0.15, -0.1) is 0 Å². The molecule has 0 aliphatic carbocycles. The standard InChI is InChI=1S/C4H2BrF5/c5-1(3(7)8)2(6)4(9)10/h3-4H. The zero-order valence-corrected chi connectivity index (χ0v) is 6.01. The molecule has 0 aliphatic heterocycles. The van der Waals surface area contributed by atoms with Gasteiger partial charge in [0.15, 0.2) is 5.83 Å². The molecular formula is C4H2BrF5. The van der Waals surface area contributed by atoms with Crippen LogP contribution >= 0.6 is 15.9 Å². The van der Waals surface area contributed by atoms with E-state index in [1.807, 2.05) is 15.9 Å². The van der Waals surface area contributed by atoms with Crippen molar-refractivity contribution in [2.45, 2.75) is 12.9 Å². The number of allylic oxidation sites excluding steroid dienone is 2. The van der Waals surface area contributed by atoms with Crippen LogP contribution in [0.2, 0.25) is 0 Å². The Morgan fingerprint density at radius 2 is 1.40 bits per heavy atom. The molecule has 0 N–H and O–H groups in total. The van der Waals surface area contributed by atoms with Crippen LogP contribution in [0.3, 0.4) is 0 Å². The lowest BCUT2D eigenvalue weighted by atomic mass is 10.5. The summed E-state index contributed by atoms with van der Waals surface area (Å²) in [4.78, 5) is 0. The summed E-state index contributed by atoms with van der Waals surface area (Å²) in [6.45, 7) is 0. The van der Waals surface area contributed by atoms with E-state index in [2.05, 4.69) is 0 Å². The van der Waals surface area contributed by atoms with Crippen molar-refractivity contribution in [2.24, 2.45) is 0 Å². The second-order valence-corrected chi connectivity index (χ2v) is 2.15. The minimum Gasteiger partial charge on any atom is -0.204 e. The average molecular weight is 225 g/mol. The molecule has 0 aromatic rings. The third-order valence-corrected chi connectivity index (χ3v) is 1.34. The van der Waals surface area contributed by atoms with Crippen molar-refractivity contribution in [3.05, 3.63) is 10.3 Å². The lowest BCUT2D eigenvalue weighted by molar-refractivity contribution is 0.144. The molecule has 0 saturated heterocycles. The molecule has 0 aromatic heterocycles. The van der Waals surface area contributed by atoms with Crippen LogP contribution in [0.25, 0.3) is 0 Å². The van der Waals surface area contributed by atoms with Crippen molar-refractivity contribution in [2.75, 3.05) is 0 Å². The van der Waals surface area contributed by atoms with Crippen LogP contribution in [0.1, 0.15) is 0 Å². The molecule has 0 bridgehead atoms. The van der Waals surface area contributed by atoms with Crippen molar-refractivity contribution in [1.82, 2.24) is 0 Å².